The minimum absolute atomic E-state index is 0.0186. The predicted octanol–water partition coefficient (Wildman–Crippen LogP) is 0.944. The standard InChI is InChI=1S/C11H14NO3S/c13-16(14,11-6-2-1-3-7-11)12-9-10-5-4-8-15-10/h2-3,6-7,10,12H,4-5,8-9H2. The monoisotopic (exact) mass is 240 g/mol. The van der Waals surface area contributed by atoms with Crippen LogP contribution in [0.15, 0.2) is 29.2 Å². The minimum Gasteiger partial charge on any atom is -0.377 e. The van der Waals surface area contributed by atoms with Crippen LogP contribution >= 0.6 is 0 Å². The molecule has 0 saturated carbocycles. The van der Waals surface area contributed by atoms with Crippen molar-refractivity contribution in [3.8, 4) is 0 Å². The van der Waals surface area contributed by atoms with E-state index in [1.54, 1.807) is 12.1 Å². The molecule has 1 radical (unpaired) electrons. The molecule has 1 aromatic carbocycles. The maximum absolute atomic E-state index is 11.8. The van der Waals surface area contributed by atoms with Crippen molar-refractivity contribution in [1.29, 1.82) is 0 Å². The molecule has 0 aromatic heterocycles. The van der Waals surface area contributed by atoms with E-state index in [0.717, 1.165) is 19.4 Å². The number of rotatable bonds is 4. The van der Waals surface area contributed by atoms with E-state index in [9.17, 15) is 8.42 Å². The van der Waals surface area contributed by atoms with E-state index in [1.165, 1.54) is 12.1 Å². The number of ether oxygens (including phenoxy) is 1. The molecule has 0 bridgehead atoms. The molecule has 1 aliphatic rings. The second-order valence-corrected chi connectivity index (χ2v) is 5.49. The van der Waals surface area contributed by atoms with Crippen molar-refractivity contribution < 1.29 is 13.2 Å². The third-order valence-corrected chi connectivity index (χ3v) is 3.96. The Morgan fingerprint density at radius 1 is 1.44 bits per heavy atom. The van der Waals surface area contributed by atoms with Gasteiger partial charge in [0.05, 0.1) is 11.0 Å². The summed E-state index contributed by atoms with van der Waals surface area (Å²) < 4.78 is 31.5. The lowest BCUT2D eigenvalue weighted by Gasteiger charge is -2.11. The quantitative estimate of drug-likeness (QED) is 0.852. The highest BCUT2D eigenvalue weighted by atomic mass is 32.2. The van der Waals surface area contributed by atoms with Gasteiger partial charge in [0, 0.05) is 13.2 Å². The average Bonchev–Trinajstić information content (AvgIpc) is 2.81. The van der Waals surface area contributed by atoms with Crippen molar-refractivity contribution in [3.63, 3.8) is 0 Å². The first kappa shape index (κ1) is 11.6. The van der Waals surface area contributed by atoms with E-state index in [2.05, 4.69) is 10.8 Å². The smallest absolute Gasteiger partial charge is 0.240 e. The van der Waals surface area contributed by atoms with Gasteiger partial charge in [-0.3, -0.25) is 0 Å². The number of hydrogen-bond donors (Lipinski definition) is 1. The zero-order valence-corrected chi connectivity index (χ0v) is 9.66. The highest BCUT2D eigenvalue weighted by molar-refractivity contribution is 7.89. The molecule has 1 atom stereocenters. The average molecular weight is 240 g/mol. The van der Waals surface area contributed by atoms with Crippen LogP contribution in [0, 0.1) is 6.07 Å². The van der Waals surface area contributed by atoms with Gasteiger partial charge >= 0.3 is 0 Å². The Hall–Kier alpha value is -0.910. The van der Waals surface area contributed by atoms with Crippen LogP contribution in [0.1, 0.15) is 12.8 Å². The molecule has 1 N–H and O–H groups in total. The Morgan fingerprint density at radius 3 is 2.81 bits per heavy atom. The van der Waals surface area contributed by atoms with E-state index >= 15 is 0 Å². The molecule has 1 saturated heterocycles. The first-order valence-corrected chi connectivity index (χ1v) is 6.74. The van der Waals surface area contributed by atoms with Crippen LogP contribution < -0.4 is 4.72 Å². The van der Waals surface area contributed by atoms with Crippen molar-refractivity contribution in [2.45, 2.75) is 23.8 Å². The summed E-state index contributed by atoms with van der Waals surface area (Å²) in [4.78, 5) is 0.268. The topological polar surface area (TPSA) is 55.4 Å². The minimum atomic E-state index is -3.40. The molecule has 1 unspecified atom stereocenters. The second-order valence-electron chi connectivity index (χ2n) is 3.72. The van der Waals surface area contributed by atoms with Gasteiger partial charge in [-0.25, -0.2) is 13.1 Å². The summed E-state index contributed by atoms with van der Waals surface area (Å²) in [5, 5.41) is 0. The van der Waals surface area contributed by atoms with Gasteiger partial charge in [-0.1, -0.05) is 12.1 Å². The summed E-state index contributed by atoms with van der Waals surface area (Å²) in [6, 6.07) is 9.00. The van der Waals surface area contributed by atoms with Crippen LogP contribution in [0.3, 0.4) is 0 Å². The van der Waals surface area contributed by atoms with Gasteiger partial charge in [-0.15, -0.1) is 0 Å². The van der Waals surface area contributed by atoms with Crippen molar-refractivity contribution in [2.24, 2.45) is 0 Å². The van der Waals surface area contributed by atoms with Gasteiger partial charge in [-0.05, 0) is 31.0 Å². The third kappa shape index (κ3) is 2.81. The van der Waals surface area contributed by atoms with E-state index in [1.807, 2.05) is 0 Å². The van der Waals surface area contributed by atoms with E-state index in [4.69, 9.17) is 4.74 Å². The molecule has 87 valence electrons. The largest absolute Gasteiger partial charge is 0.377 e. The Bertz CT molecular complexity index is 424. The zero-order valence-electron chi connectivity index (χ0n) is 8.85. The zero-order chi connectivity index (χ0) is 11.4. The summed E-state index contributed by atoms with van der Waals surface area (Å²) in [7, 11) is -3.40. The molecule has 0 spiro atoms. The summed E-state index contributed by atoms with van der Waals surface area (Å²) >= 11 is 0. The van der Waals surface area contributed by atoms with Gasteiger partial charge in [0.1, 0.15) is 0 Å². The van der Waals surface area contributed by atoms with Crippen LogP contribution in [0.25, 0.3) is 0 Å². The number of sulfonamides is 1. The second kappa shape index (κ2) is 4.95. The molecule has 1 aromatic rings. The van der Waals surface area contributed by atoms with Gasteiger partial charge in [0.25, 0.3) is 0 Å². The van der Waals surface area contributed by atoms with Gasteiger partial charge < -0.3 is 4.74 Å². The van der Waals surface area contributed by atoms with E-state index < -0.39 is 10.0 Å². The Kier molecular flexibility index (Phi) is 3.58. The maximum Gasteiger partial charge on any atom is 0.240 e. The molecule has 2 rings (SSSR count). The Labute approximate surface area is 95.7 Å². The lowest BCUT2D eigenvalue weighted by atomic mass is 10.2. The molecule has 4 nitrogen and oxygen atoms in total. The highest BCUT2D eigenvalue weighted by Gasteiger charge is 2.19. The fourth-order valence-electron chi connectivity index (χ4n) is 1.64. The maximum atomic E-state index is 11.8. The molecule has 1 aliphatic heterocycles. The van der Waals surface area contributed by atoms with Crippen LogP contribution in [0.5, 0.6) is 0 Å². The van der Waals surface area contributed by atoms with Crippen molar-refractivity contribution in [2.75, 3.05) is 13.2 Å². The highest BCUT2D eigenvalue weighted by Crippen LogP contribution is 2.12. The first-order chi connectivity index (χ1) is 7.68. The molecule has 5 heteroatoms. The fourth-order valence-corrected chi connectivity index (χ4v) is 2.71. The Morgan fingerprint density at radius 2 is 2.19 bits per heavy atom. The molecule has 1 heterocycles. The van der Waals surface area contributed by atoms with Crippen LogP contribution in [-0.2, 0) is 14.8 Å². The van der Waals surface area contributed by atoms with E-state index in [0.29, 0.717) is 6.54 Å². The Balaban J connectivity index is 1.98. The number of hydrogen-bond acceptors (Lipinski definition) is 3. The molecular weight excluding hydrogens is 226 g/mol. The van der Waals surface area contributed by atoms with Gasteiger partial charge in [-0.2, -0.15) is 0 Å². The summed E-state index contributed by atoms with van der Waals surface area (Å²) in [5.74, 6) is 0. The molecular formula is C11H14NO3S. The summed E-state index contributed by atoms with van der Waals surface area (Å²) in [6.45, 7) is 1.08. The predicted molar refractivity (Wildman–Crippen MR) is 59.4 cm³/mol. The molecule has 16 heavy (non-hydrogen) atoms. The van der Waals surface area contributed by atoms with Crippen LogP contribution in [0.2, 0.25) is 0 Å². The first-order valence-electron chi connectivity index (χ1n) is 5.26. The normalized spacial score (nSPS) is 21.1. The lowest BCUT2D eigenvalue weighted by Crippen LogP contribution is -2.31. The fraction of sp³-hybridized carbons (Fsp3) is 0.455. The van der Waals surface area contributed by atoms with Gasteiger partial charge in [0.2, 0.25) is 10.0 Å². The van der Waals surface area contributed by atoms with E-state index in [-0.39, 0.29) is 11.0 Å². The van der Waals surface area contributed by atoms with Crippen molar-refractivity contribution >= 4 is 10.0 Å². The third-order valence-electron chi connectivity index (χ3n) is 2.52. The molecule has 0 aliphatic carbocycles. The molecule has 0 amide bonds. The van der Waals surface area contributed by atoms with Crippen LogP contribution in [-0.4, -0.2) is 27.7 Å². The molecule has 1 fully saturated rings. The lowest BCUT2D eigenvalue weighted by molar-refractivity contribution is 0.114. The summed E-state index contributed by atoms with van der Waals surface area (Å²) in [5.41, 5.74) is 0. The number of nitrogens with one attached hydrogen (secondary N) is 1. The van der Waals surface area contributed by atoms with Crippen LogP contribution in [0.4, 0.5) is 0 Å². The summed E-state index contributed by atoms with van der Waals surface area (Å²) in [6.07, 6.45) is 1.95. The van der Waals surface area contributed by atoms with Crippen molar-refractivity contribution in [3.05, 3.63) is 30.3 Å². The SMILES string of the molecule is O=S(=O)(NCC1CCCO1)c1cc[c]cc1. The number of benzene rings is 1. The van der Waals surface area contributed by atoms with Crippen molar-refractivity contribution in [1.82, 2.24) is 4.72 Å². The van der Waals surface area contributed by atoms with Gasteiger partial charge in [0.15, 0.2) is 0 Å².